The molecule has 7 nitrogen and oxygen atoms in total. The van der Waals surface area contributed by atoms with E-state index in [1.54, 1.807) is 24.3 Å². The van der Waals surface area contributed by atoms with Crippen molar-refractivity contribution < 1.29 is 0 Å². The van der Waals surface area contributed by atoms with E-state index < -0.39 is 0 Å². The fourth-order valence-corrected chi connectivity index (χ4v) is 3.25. The molecule has 0 bridgehead atoms. The highest BCUT2D eigenvalue weighted by molar-refractivity contribution is 5.76. The number of nitrogens with zero attached hydrogens (tertiary/aromatic N) is 2. The van der Waals surface area contributed by atoms with Crippen molar-refractivity contribution in [3.63, 3.8) is 0 Å². The minimum Gasteiger partial charge on any atom is -0.307 e. The van der Waals surface area contributed by atoms with E-state index in [0.717, 1.165) is 6.54 Å². The summed E-state index contributed by atoms with van der Waals surface area (Å²) in [5.74, 6) is 0. The van der Waals surface area contributed by atoms with Gasteiger partial charge in [0.2, 0.25) is 0 Å². The Morgan fingerprint density at radius 2 is 1.85 bits per heavy atom. The molecular weight excluding hydrogens is 330 g/mol. The molecular formula is C19H21N5O2. The second-order valence-electron chi connectivity index (χ2n) is 6.71. The van der Waals surface area contributed by atoms with Gasteiger partial charge in [0.15, 0.2) is 0 Å². The maximum absolute atomic E-state index is 12.6. The molecule has 7 heteroatoms. The summed E-state index contributed by atoms with van der Waals surface area (Å²) in [6, 6.07) is 15.4. The molecule has 1 aliphatic heterocycles. The zero-order chi connectivity index (χ0) is 18.1. The maximum atomic E-state index is 12.6. The van der Waals surface area contributed by atoms with Gasteiger partial charge in [0.1, 0.15) is 0 Å². The van der Waals surface area contributed by atoms with Crippen LogP contribution in [-0.4, -0.2) is 27.1 Å². The number of benzene rings is 2. The molecule has 0 spiro atoms. The van der Waals surface area contributed by atoms with Gasteiger partial charge in [-0.2, -0.15) is 5.53 Å². The van der Waals surface area contributed by atoms with Crippen LogP contribution in [0.5, 0.6) is 0 Å². The van der Waals surface area contributed by atoms with E-state index in [2.05, 4.69) is 47.1 Å². The Bertz CT molecular complexity index is 1040. The van der Waals surface area contributed by atoms with Gasteiger partial charge in [-0.15, -0.1) is 0 Å². The number of hydrogen-bond acceptors (Lipinski definition) is 5. The third-order valence-electron chi connectivity index (χ3n) is 4.65. The predicted molar refractivity (Wildman–Crippen MR) is 100 cm³/mol. The SMILES string of the molecule is Cc1ccc(CN2CC(Cn3c(=O)[nH]c4ccccc4c3=O)NN2)cc1. The first-order valence-electron chi connectivity index (χ1n) is 8.64. The smallest absolute Gasteiger partial charge is 0.307 e. The molecule has 4 rings (SSSR count). The molecule has 2 aromatic carbocycles. The number of aryl methyl sites for hydroxylation is 1. The summed E-state index contributed by atoms with van der Waals surface area (Å²) in [6.07, 6.45) is 0. The molecule has 2 heterocycles. The monoisotopic (exact) mass is 351 g/mol. The van der Waals surface area contributed by atoms with Crippen molar-refractivity contribution in [2.24, 2.45) is 0 Å². The van der Waals surface area contributed by atoms with Crippen LogP contribution in [0.3, 0.4) is 0 Å². The molecule has 1 aromatic heterocycles. The fraction of sp³-hybridized carbons (Fsp3) is 0.263. The highest BCUT2D eigenvalue weighted by Gasteiger charge is 2.23. The van der Waals surface area contributed by atoms with Gasteiger partial charge in [0.25, 0.3) is 5.56 Å². The van der Waals surface area contributed by atoms with Gasteiger partial charge >= 0.3 is 5.69 Å². The highest BCUT2D eigenvalue weighted by atomic mass is 16.2. The second kappa shape index (κ2) is 6.87. The molecule has 1 aliphatic rings. The highest BCUT2D eigenvalue weighted by Crippen LogP contribution is 2.09. The van der Waals surface area contributed by atoms with E-state index in [1.807, 2.05) is 5.01 Å². The van der Waals surface area contributed by atoms with E-state index in [-0.39, 0.29) is 17.3 Å². The lowest BCUT2D eigenvalue weighted by Crippen LogP contribution is -2.43. The van der Waals surface area contributed by atoms with Crippen molar-refractivity contribution in [3.8, 4) is 0 Å². The molecule has 3 N–H and O–H groups in total. The maximum Gasteiger partial charge on any atom is 0.328 e. The van der Waals surface area contributed by atoms with Crippen LogP contribution in [-0.2, 0) is 13.1 Å². The summed E-state index contributed by atoms with van der Waals surface area (Å²) < 4.78 is 1.26. The molecule has 3 aromatic rings. The molecule has 1 saturated heterocycles. The molecule has 0 aliphatic carbocycles. The number of aromatic nitrogens is 2. The second-order valence-corrected chi connectivity index (χ2v) is 6.71. The lowest BCUT2D eigenvalue weighted by atomic mass is 10.1. The first-order chi connectivity index (χ1) is 12.6. The number of H-pyrrole nitrogens is 1. The Balaban J connectivity index is 1.49. The lowest BCUT2D eigenvalue weighted by Gasteiger charge is -2.14. The summed E-state index contributed by atoms with van der Waals surface area (Å²) in [7, 11) is 0. The Hall–Kier alpha value is -2.74. The number of aromatic amines is 1. The van der Waals surface area contributed by atoms with Crippen molar-refractivity contribution >= 4 is 10.9 Å². The number of hydrazine groups is 2. The number of nitrogens with one attached hydrogen (secondary N) is 3. The first-order valence-corrected chi connectivity index (χ1v) is 8.64. The van der Waals surface area contributed by atoms with Gasteiger partial charge in [0.05, 0.1) is 16.9 Å². The molecule has 1 unspecified atom stereocenters. The van der Waals surface area contributed by atoms with Crippen LogP contribution >= 0.6 is 0 Å². The Morgan fingerprint density at radius 1 is 1.08 bits per heavy atom. The fourth-order valence-electron chi connectivity index (χ4n) is 3.25. The van der Waals surface area contributed by atoms with E-state index >= 15 is 0 Å². The Labute approximate surface area is 150 Å². The van der Waals surface area contributed by atoms with E-state index in [4.69, 9.17) is 0 Å². The topological polar surface area (TPSA) is 82.2 Å². The zero-order valence-corrected chi connectivity index (χ0v) is 14.5. The van der Waals surface area contributed by atoms with Crippen LogP contribution in [0.2, 0.25) is 0 Å². The van der Waals surface area contributed by atoms with Gasteiger partial charge in [-0.1, -0.05) is 42.0 Å². The van der Waals surface area contributed by atoms with Gasteiger partial charge in [-0.05, 0) is 24.6 Å². The van der Waals surface area contributed by atoms with Crippen LogP contribution in [0.15, 0.2) is 58.1 Å². The predicted octanol–water partition coefficient (Wildman–Crippen LogP) is 0.892. The van der Waals surface area contributed by atoms with Crippen LogP contribution in [0.4, 0.5) is 0 Å². The van der Waals surface area contributed by atoms with Crippen molar-refractivity contribution in [1.82, 2.24) is 25.5 Å². The minimum absolute atomic E-state index is 0.0413. The third kappa shape index (κ3) is 3.32. The van der Waals surface area contributed by atoms with Crippen molar-refractivity contribution in [2.45, 2.75) is 26.1 Å². The van der Waals surface area contributed by atoms with Crippen LogP contribution in [0.1, 0.15) is 11.1 Å². The Morgan fingerprint density at radius 3 is 2.65 bits per heavy atom. The van der Waals surface area contributed by atoms with Gasteiger partial charge < -0.3 is 4.98 Å². The van der Waals surface area contributed by atoms with E-state index in [0.29, 0.717) is 24.0 Å². The molecule has 1 fully saturated rings. The molecule has 0 saturated carbocycles. The van der Waals surface area contributed by atoms with Gasteiger partial charge in [0, 0.05) is 19.6 Å². The van der Waals surface area contributed by atoms with Crippen LogP contribution in [0, 0.1) is 6.92 Å². The van der Waals surface area contributed by atoms with Crippen LogP contribution < -0.4 is 22.2 Å². The largest absolute Gasteiger partial charge is 0.328 e. The molecule has 134 valence electrons. The van der Waals surface area contributed by atoms with Crippen LogP contribution in [0.25, 0.3) is 10.9 Å². The Kier molecular flexibility index (Phi) is 4.42. The summed E-state index contributed by atoms with van der Waals surface area (Å²) in [5, 5.41) is 2.56. The number of hydrogen-bond donors (Lipinski definition) is 3. The van der Waals surface area contributed by atoms with Gasteiger partial charge in [-0.25, -0.2) is 15.2 Å². The molecule has 0 amide bonds. The molecule has 26 heavy (non-hydrogen) atoms. The summed E-state index contributed by atoms with van der Waals surface area (Å²) >= 11 is 0. The lowest BCUT2D eigenvalue weighted by molar-refractivity contribution is 0.224. The molecule has 0 radical (unpaired) electrons. The van der Waals surface area contributed by atoms with E-state index in [1.165, 1.54) is 15.7 Å². The molecule has 1 atom stereocenters. The number of rotatable bonds is 4. The summed E-state index contributed by atoms with van der Waals surface area (Å²) in [4.78, 5) is 27.7. The third-order valence-corrected chi connectivity index (χ3v) is 4.65. The van der Waals surface area contributed by atoms with Crippen molar-refractivity contribution in [2.75, 3.05) is 6.54 Å². The average Bonchev–Trinajstić information content (AvgIpc) is 3.08. The normalized spacial score (nSPS) is 17.8. The van der Waals surface area contributed by atoms with Crippen molar-refractivity contribution in [3.05, 3.63) is 80.5 Å². The number of para-hydroxylation sites is 1. The zero-order valence-electron chi connectivity index (χ0n) is 14.5. The first kappa shape index (κ1) is 16.7. The summed E-state index contributed by atoms with van der Waals surface area (Å²) in [6.45, 7) is 3.80. The quantitative estimate of drug-likeness (QED) is 0.650. The van der Waals surface area contributed by atoms with Crippen molar-refractivity contribution in [1.29, 1.82) is 0 Å². The van der Waals surface area contributed by atoms with E-state index in [9.17, 15) is 9.59 Å². The van der Waals surface area contributed by atoms with Gasteiger partial charge in [-0.3, -0.25) is 9.36 Å². The summed E-state index contributed by atoms with van der Waals surface area (Å²) in [5.41, 5.74) is 8.63. The number of fused-ring (bicyclic) bond motifs is 1. The standard InChI is InChI=1S/C19H21N5O2/c1-13-6-8-14(9-7-13)10-23-11-15(21-22-23)12-24-18(25)16-4-2-3-5-17(16)20-19(24)26/h2-9,15,21-22H,10-12H2,1H3,(H,20,26). The minimum atomic E-state index is -0.382. The average molecular weight is 351 g/mol.